The molecule has 9 nitrogen and oxygen atoms in total. The molecule has 0 atom stereocenters. The lowest BCUT2D eigenvalue weighted by molar-refractivity contribution is -0.138. The molecule has 0 saturated carbocycles. The maximum Gasteiger partial charge on any atom is 0.416 e. The van der Waals surface area contributed by atoms with Gasteiger partial charge in [0.2, 0.25) is 0 Å². The van der Waals surface area contributed by atoms with Crippen LogP contribution in [0.3, 0.4) is 0 Å². The van der Waals surface area contributed by atoms with Gasteiger partial charge in [-0.1, -0.05) is 24.3 Å². The van der Waals surface area contributed by atoms with Gasteiger partial charge in [-0.05, 0) is 59.7 Å². The summed E-state index contributed by atoms with van der Waals surface area (Å²) < 4.78 is 107. The summed E-state index contributed by atoms with van der Waals surface area (Å²) in [5.74, 6) is -0.539. The predicted octanol–water partition coefficient (Wildman–Crippen LogP) is 5.28. The number of anilines is 1. The molecule has 0 fully saturated rings. The van der Waals surface area contributed by atoms with Gasteiger partial charge in [-0.25, -0.2) is 5.43 Å². The Hall–Kier alpha value is -4.28. The molecule has 0 aromatic heterocycles. The van der Waals surface area contributed by atoms with E-state index < -0.39 is 39.8 Å². The van der Waals surface area contributed by atoms with E-state index in [9.17, 15) is 31.1 Å². The molecule has 3 aromatic carbocycles. The molecule has 0 aliphatic rings. The van der Waals surface area contributed by atoms with Crippen LogP contribution in [0.2, 0.25) is 0 Å². The van der Waals surface area contributed by atoms with Gasteiger partial charge in [0, 0.05) is 5.56 Å². The second-order valence-electron chi connectivity index (χ2n) is 7.33. The fourth-order valence-electron chi connectivity index (χ4n) is 2.62. The molecule has 208 valence electrons. The van der Waals surface area contributed by atoms with Gasteiger partial charge in [0.25, 0.3) is 5.91 Å². The minimum absolute atomic E-state index is 0.266. The first-order valence-electron chi connectivity index (χ1n) is 10.3. The normalized spacial score (nSPS) is 12.2. The monoisotopic (exact) mass is 576 g/mol. The minimum Gasteiger partial charge on any atom is -0.279 e. The summed E-state index contributed by atoms with van der Waals surface area (Å²) in [6, 6.07) is 14.8. The van der Waals surface area contributed by atoms with Crippen LogP contribution in [-0.4, -0.2) is 35.9 Å². The average Bonchev–Trinajstić information content (AvgIpc) is 2.83. The number of carbonyl (C=O) groups excluding carboxylic acids is 1. The molecule has 3 aromatic rings. The quantitative estimate of drug-likeness (QED) is 0.136. The highest BCUT2D eigenvalue weighted by molar-refractivity contribution is 7.79. The topological polar surface area (TPSA) is 140 Å². The standard InChI is InChI=1S/C23H16F6N4O.H2O4S/c24-22(25,26)18-7-1-15(2-8-18)13-30-32-20-11-5-17(6-12-20)21(34)33-31-14-16-3-9-19(10-4-16)23(27,28)29;1-5(2,3)4/h1-14,32H,(H,33,34);(H2,1,2,3,4). The van der Waals surface area contributed by atoms with Crippen LogP contribution in [0, 0.1) is 0 Å². The van der Waals surface area contributed by atoms with E-state index in [1.165, 1.54) is 48.8 Å². The Morgan fingerprint density at radius 2 is 1.08 bits per heavy atom. The Bertz CT molecular complexity index is 1400. The number of nitrogens with one attached hydrogen (secondary N) is 2. The molecule has 4 N–H and O–H groups in total. The molecule has 0 spiro atoms. The maximum absolute atomic E-state index is 12.6. The highest BCUT2D eigenvalue weighted by atomic mass is 32.3. The van der Waals surface area contributed by atoms with Gasteiger partial charge in [-0.2, -0.15) is 45.0 Å². The Balaban J connectivity index is 0.000000976. The van der Waals surface area contributed by atoms with Crippen molar-refractivity contribution < 1.29 is 48.7 Å². The van der Waals surface area contributed by atoms with Gasteiger partial charge < -0.3 is 0 Å². The molecular formula is C23H18F6N4O5S. The van der Waals surface area contributed by atoms with Crippen molar-refractivity contribution in [3.05, 3.63) is 101 Å². The first-order valence-corrected chi connectivity index (χ1v) is 11.7. The van der Waals surface area contributed by atoms with Crippen molar-refractivity contribution in [2.45, 2.75) is 12.4 Å². The summed E-state index contributed by atoms with van der Waals surface area (Å²) >= 11 is 0. The third kappa shape index (κ3) is 11.8. The zero-order chi connectivity index (χ0) is 29.3. The average molecular weight is 576 g/mol. The first kappa shape index (κ1) is 30.9. The highest BCUT2D eigenvalue weighted by Gasteiger charge is 2.30. The molecule has 1 amide bonds. The molecule has 0 aliphatic carbocycles. The largest absolute Gasteiger partial charge is 0.416 e. The van der Waals surface area contributed by atoms with Crippen LogP contribution in [-0.2, 0) is 22.8 Å². The van der Waals surface area contributed by atoms with Crippen LogP contribution in [0.1, 0.15) is 32.6 Å². The van der Waals surface area contributed by atoms with Crippen molar-refractivity contribution in [1.29, 1.82) is 0 Å². The summed E-state index contributed by atoms with van der Waals surface area (Å²) in [6.07, 6.45) is -6.28. The second kappa shape index (κ2) is 13.0. The number of alkyl halides is 6. The molecule has 0 aliphatic heterocycles. The van der Waals surface area contributed by atoms with Gasteiger partial charge >= 0.3 is 22.8 Å². The van der Waals surface area contributed by atoms with E-state index in [1.54, 1.807) is 12.1 Å². The van der Waals surface area contributed by atoms with E-state index in [2.05, 4.69) is 21.1 Å². The summed E-state index contributed by atoms with van der Waals surface area (Å²) in [5, 5.41) is 7.65. The van der Waals surface area contributed by atoms with Crippen molar-refractivity contribution in [3.8, 4) is 0 Å². The van der Waals surface area contributed by atoms with E-state index in [0.717, 1.165) is 24.3 Å². The van der Waals surface area contributed by atoms with Crippen molar-refractivity contribution in [2.24, 2.45) is 10.2 Å². The lowest BCUT2D eigenvalue weighted by Gasteiger charge is -2.06. The Morgan fingerprint density at radius 1 is 0.692 bits per heavy atom. The van der Waals surface area contributed by atoms with Crippen LogP contribution in [0.15, 0.2) is 83.0 Å². The third-order valence-corrected chi connectivity index (χ3v) is 4.41. The van der Waals surface area contributed by atoms with Gasteiger partial charge in [0.1, 0.15) is 0 Å². The number of hydrogen-bond donors (Lipinski definition) is 4. The fourth-order valence-corrected chi connectivity index (χ4v) is 2.62. The second-order valence-corrected chi connectivity index (χ2v) is 8.23. The molecule has 0 unspecified atom stereocenters. The lowest BCUT2D eigenvalue weighted by atomic mass is 10.1. The maximum atomic E-state index is 12.6. The number of halogens is 6. The Labute approximate surface area is 217 Å². The molecule has 3 rings (SSSR count). The summed E-state index contributed by atoms with van der Waals surface area (Å²) in [6.45, 7) is 0. The third-order valence-electron chi connectivity index (χ3n) is 4.41. The number of carbonyl (C=O) groups is 1. The van der Waals surface area contributed by atoms with Crippen LogP contribution >= 0.6 is 0 Å². The van der Waals surface area contributed by atoms with Crippen molar-refractivity contribution in [2.75, 3.05) is 5.43 Å². The predicted molar refractivity (Wildman–Crippen MR) is 130 cm³/mol. The van der Waals surface area contributed by atoms with E-state index in [0.29, 0.717) is 16.8 Å². The summed E-state index contributed by atoms with van der Waals surface area (Å²) in [5.41, 5.74) is 5.04. The molecule has 39 heavy (non-hydrogen) atoms. The van der Waals surface area contributed by atoms with E-state index in [1.807, 2.05) is 0 Å². The van der Waals surface area contributed by atoms with Crippen molar-refractivity contribution in [1.82, 2.24) is 5.43 Å². The van der Waals surface area contributed by atoms with Crippen molar-refractivity contribution >= 4 is 34.4 Å². The van der Waals surface area contributed by atoms with Gasteiger partial charge in [-0.3, -0.25) is 19.3 Å². The highest BCUT2D eigenvalue weighted by Crippen LogP contribution is 2.29. The lowest BCUT2D eigenvalue weighted by Crippen LogP contribution is -2.17. The zero-order valence-electron chi connectivity index (χ0n) is 19.3. The van der Waals surface area contributed by atoms with Crippen LogP contribution in [0.4, 0.5) is 32.0 Å². The molecule has 16 heteroatoms. The Kier molecular flexibility index (Phi) is 10.3. The SMILES string of the molecule is O=C(NN=Cc1ccc(C(F)(F)F)cc1)c1ccc(NN=Cc2ccc(C(F)(F)F)cc2)cc1.O=S(=O)(O)O. The minimum atomic E-state index is -4.67. The Morgan fingerprint density at radius 3 is 1.46 bits per heavy atom. The van der Waals surface area contributed by atoms with Crippen LogP contribution in [0.5, 0.6) is 0 Å². The molecule has 0 saturated heterocycles. The first-order chi connectivity index (χ1) is 18.0. The number of amides is 1. The number of hydrogen-bond acceptors (Lipinski definition) is 6. The van der Waals surface area contributed by atoms with Crippen LogP contribution in [0.25, 0.3) is 0 Å². The summed E-state index contributed by atoms with van der Waals surface area (Å²) in [4.78, 5) is 12.1. The van der Waals surface area contributed by atoms with Gasteiger partial charge in [0.15, 0.2) is 0 Å². The molecule has 0 bridgehead atoms. The molecule has 0 radical (unpaired) electrons. The number of hydrazone groups is 2. The number of benzene rings is 3. The van der Waals surface area contributed by atoms with Gasteiger partial charge in [0.05, 0.1) is 29.2 Å². The van der Waals surface area contributed by atoms with E-state index in [-0.39, 0.29) is 5.56 Å². The number of rotatable bonds is 6. The molecule has 0 heterocycles. The van der Waals surface area contributed by atoms with Crippen LogP contribution < -0.4 is 10.9 Å². The van der Waals surface area contributed by atoms with E-state index in [4.69, 9.17) is 17.5 Å². The van der Waals surface area contributed by atoms with Crippen molar-refractivity contribution in [3.63, 3.8) is 0 Å². The number of nitrogens with zero attached hydrogens (tertiary/aromatic N) is 2. The fraction of sp³-hybridized carbons (Fsp3) is 0.0870. The zero-order valence-corrected chi connectivity index (χ0v) is 20.1. The van der Waals surface area contributed by atoms with Gasteiger partial charge in [-0.15, -0.1) is 0 Å². The smallest absolute Gasteiger partial charge is 0.279 e. The molecular weight excluding hydrogens is 558 g/mol. The van der Waals surface area contributed by atoms with E-state index >= 15 is 0 Å². The summed E-state index contributed by atoms with van der Waals surface area (Å²) in [7, 11) is -4.67.